The van der Waals surface area contributed by atoms with Crippen molar-refractivity contribution in [2.24, 2.45) is 0 Å². The van der Waals surface area contributed by atoms with Gasteiger partial charge in [0.2, 0.25) is 0 Å². The topological polar surface area (TPSA) is 8.17 Å². The maximum Gasteiger partial charge on any atom is 0.0640 e. The predicted octanol–water partition coefficient (Wildman–Crippen LogP) is 19.1. The zero-order valence-corrected chi connectivity index (χ0v) is 38.4. The van der Waals surface area contributed by atoms with Gasteiger partial charge in [-0.15, -0.1) is 11.3 Å². The van der Waals surface area contributed by atoms with Gasteiger partial charge in [-0.2, -0.15) is 0 Å². The van der Waals surface area contributed by atoms with Crippen LogP contribution < -0.4 is 4.90 Å². The summed E-state index contributed by atoms with van der Waals surface area (Å²) in [6.45, 7) is 0. The average molecular weight is 895 g/mol. The van der Waals surface area contributed by atoms with E-state index in [1.54, 1.807) is 0 Å². The first-order valence-electron chi connectivity index (χ1n) is 23.7. The minimum Gasteiger partial charge on any atom is -0.309 e. The van der Waals surface area contributed by atoms with Gasteiger partial charge in [-0.1, -0.05) is 176 Å². The van der Waals surface area contributed by atoms with E-state index >= 15 is 0 Å². The minimum atomic E-state index is 1.11. The van der Waals surface area contributed by atoms with Crippen LogP contribution in [-0.2, 0) is 0 Å². The van der Waals surface area contributed by atoms with Crippen molar-refractivity contribution in [1.82, 2.24) is 4.57 Å². The van der Waals surface area contributed by atoms with E-state index in [0.29, 0.717) is 0 Å². The molecule has 12 aromatic carbocycles. The molecular formula is C66H42N2S. The highest BCUT2D eigenvalue weighted by Crippen LogP contribution is 2.46. The molecule has 0 bridgehead atoms. The van der Waals surface area contributed by atoms with E-state index in [0.717, 1.165) is 17.1 Å². The molecule has 0 atom stereocenters. The van der Waals surface area contributed by atoms with Crippen LogP contribution in [0.3, 0.4) is 0 Å². The molecule has 0 saturated heterocycles. The molecule has 69 heavy (non-hydrogen) atoms. The van der Waals surface area contributed by atoms with Gasteiger partial charge in [-0.05, 0) is 145 Å². The van der Waals surface area contributed by atoms with Crippen molar-refractivity contribution in [3.8, 4) is 39.1 Å². The van der Waals surface area contributed by atoms with Crippen molar-refractivity contribution >= 4 is 103 Å². The average Bonchev–Trinajstić information content (AvgIpc) is 3.97. The molecule has 0 fully saturated rings. The normalized spacial score (nSPS) is 11.8. The number of hydrogen-bond donors (Lipinski definition) is 0. The Kier molecular flexibility index (Phi) is 9.11. The summed E-state index contributed by atoms with van der Waals surface area (Å²) in [4.78, 5) is 2.44. The lowest BCUT2D eigenvalue weighted by molar-refractivity contribution is 1.18. The summed E-state index contributed by atoms with van der Waals surface area (Å²) in [6.07, 6.45) is 0. The number of anilines is 3. The van der Waals surface area contributed by atoms with E-state index in [9.17, 15) is 0 Å². The molecule has 2 nitrogen and oxygen atoms in total. The Morgan fingerprint density at radius 2 is 0.696 bits per heavy atom. The van der Waals surface area contributed by atoms with Crippen LogP contribution >= 0.6 is 11.3 Å². The van der Waals surface area contributed by atoms with Crippen molar-refractivity contribution < 1.29 is 0 Å². The molecule has 2 heterocycles. The summed E-state index contributed by atoms with van der Waals surface area (Å²) >= 11 is 1.87. The second-order valence-electron chi connectivity index (χ2n) is 18.0. The number of nitrogens with zero attached hydrogens (tertiary/aromatic N) is 2. The first-order valence-corrected chi connectivity index (χ1v) is 24.5. The number of thiophene rings is 1. The number of benzene rings is 12. The standard InChI is InChI=1S/C66H42N2S/c1-3-14-43(15-4-1)47-31-38-62-60(41-47)61-42-48(32-39-63(61)68(62)49-16-5-2-6-17-49)45-28-35-51(36-29-45)67(64-24-13-23-58-57-22-11-12-25-65(57)69-66(58)64)50-33-26-44(27-34-50)46-30-37-56-54-20-8-7-18-52(54)53-19-9-10-21-55(53)59(56)40-46/h1-42H. The van der Waals surface area contributed by atoms with Crippen molar-refractivity contribution in [2.75, 3.05) is 4.90 Å². The highest BCUT2D eigenvalue weighted by atomic mass is 32.1. The Balaban J connectivity index is 0.885. The Bertz CT molecular complexity index is 4240. The number of fused-ring (bicyclic) bond motifs is 12. The monoisotopic (exact) mass is 894 g/mol. The first kappa shape index (κ1) is 39.4. The van der Waals surface area contributed by atoms with Gasteiger partial charge in [0, 0.05) is 43.3 Å². The van der Waals surface area contributed by atoms with Crippen molar-refractivity contribution in [3.63, 3.8) is 0 Å². The summed E-state index contributed by atoms with van der Waals surface area (Å²) < 4.78 is 4.96. The van der Waals surface area contributed by atoms with Crippen molar-refractivity contribution in [3.05, 3.63) is 255 Å². The van der Waals surface area contributed by atoms with Crippen LogP contribution in [0.15, 0.2) is 255 Å². The number of para-hydroxylation sites is 1. The summed E-state index contributed by atoms with van der Waals surface area (Å²) in [5.41, 5.74) is 14.1. The van der Waals surface area contributed by atoms with E-state index in [4.69, 9.17) is 0 Å². The molecule has 0 spiro atoms. The Hall–Kier alpha value is -8.76. The molecule has 0 aliphatic heterocycles. The molecule has 322 valence electrons. The van der Waals surface area contributed by atoms with Crippen LogP contribution in [0.1, 0.15) is 0 Å². The van der Waals surface area contributed by atoms with E-state index in [1.165, 1.54) is 113 Å². The van der Waals surface area contributed by atoms with E-state index in [2.05, 4.69) is 264 Å². The fourth-order valence-corrected chi connectivity index (χ4v) is 12.1. The molecule has 0 N–H and O–H groups in total. The zero-order chi connectivity index (χ0) is 45.4. The Labute approximate surface area is 403 Å². The van der Waals surface area contributed by atoms with Gasteiger partial charge < -0.3 is 9.47 Å². The number of aromatic nitrogens is 1. The third kappa shape index (κ3) is 6.47. The molecule has 2 aromatic heterocycles. The molecule has 0 aliphatic rings. The van der Waals surface area contributed by atoms with Crippen LogP contribution in [0, 0.1) is 0 Å². The molecule has 0 radical (unpaired) electrons. The summed E-state index contributed by atoms with van der Waals surface area (Å²) in [5, 5.41) is 12.8. The summed E-state index contributed by atoms with van der Waals surface area (Å²) in [7, 11) is 0. The minimum absolute atomic E-state index is 1.11. The van der Waals surface area contributed by atoms with Gasteiger partial charge in [-0.3, -0.25) is 0 Å². The van der Waals surface area contributed by atoms with E-state index in [1.807, 2.05) is 11.3 Å². The lowest BCUT2D eigenvalue weighted by Gasteiger charge is -2.26. The molecule has 0 amide bonds. The summed E-state index contributed by atoms with van der Waals surface area (Å²) in [5.74, 6) is 0. The molecule has 3 heteroatoms. The van der Waals surface area contributed by atoms with Gasteiger partial charge >= 0.3 is 0 Å². The molecular weight excluding hydrogens is 853 g/mol. The highest BCUT2D eigenvalue weighted by Gasteiger charge is 2.20. The fraction of sp³-hybridized carbons (Fsp3) is 0. The SMILES string of the molecule is c1ccc(-c2ccc3c(c2)c2cc(-c4ccc(N(c5ccc(-c6ccc7c8ccccc8c8ccccc8c7c6)cc5)c5cccc6c5sc5ccccc56)cc4)ccc2n3-c2ccccc2)cc1. The molecule has 0 unspecified atom stereocenters. The number of rotatable bonds is 7. The van der Waals surface area contributed by atoms with Crippen LogP contribution in [0.4, 0.5) is 17.1 Å². The quantitative estimate of drug-likeness (QED) is 0.145. The van der Waals surface area contributed by atoms with Crippen LogP contribution in [-0.4, -0.2) is 4.57 Å². The maximum absolute atomic E-state index is 2.44. The molecule has 14 rings (SSSR count). The third-order valence-electron chi connectivity index (χ3n) is 14.2. The summed E-state index contributed by atoms with van der Waals surface area (Å²) in [6, 6.07) is 93.7. The van der Waals surface area contributed by atoms with Gasteiger partial charge in [0.05, 0.1) is 21.4 Å². The lowest BCUT2D eigenvalue weighted by atomic mass is 9.92. The van der Waals surface area contributed by atoms with Gasteiger partial charge in [0.25, 0.3) is 0 Å². The van der Waals surface area contributed by atoms with Gasteiger partial charge in [-0.25, -0.2) is 0 Å². The van der Waals surface area contributed by atoms with Crippen molar-refractivity contribution in [2.45, 2.75) is 0 Å². The highest BCUT2D eigenvalue weighted by molar-refractivity contribution is 7.26. The van der Waals surface area contributed by atoms with Crippen LogP contribution in [0.25, 0.3) is 113 Å². The fourth-order valence-electron chi connectivity index (χ4n) is 10.9. The predicted molar refractivity (Wildman–Crippen MR) is 297 cm³/mol. The second-order valence-corrected chi connectivity index (χ2v) is 19.1. The zero-order valence-electron chi connectivity index (χ0n) is 37.6. The molecule has 0 aliphatic carbocycles. The second kappa shape index (κ2) is 16.0. The molecule has 14 aromatic rings. The number of hydrogen-bond acceptors (Lipinski definition) is 2. The van der Waals surface area contributed by atoms with E-state index in [-0.39, 0.29) is 0 Å². The molecule has 0 saturated carbocycles. The lowest BCUT2D eigenvalue weighted by Crippen LogP contribution is -2.10. The smallest absolute Gasteiger partial charge is 0.0640 e. The Morgan fingerprint density at radius 1 is 0.275 bits per heavy atom. The third-order valence-corrected chi connectivity index (χ3v) is 15.4. The largest absolute Gasteiger partial charge is 0.309 e. The maximum atomic E-state index is 2.44. The van der Waals surface area contributed by atoms with Gasteiger partial charge in [0.1, 0.15) is 0 Å². The van der Waals surface area contributed by atoms with Crippen LogP contribution in [0.5, 0.6) is 0 Å². The Morgan fingerprint density at radius 3 is 1.28 bits per heavy atom. The van der Waals surface area contributed by atoms with Gasteiger partial charge in [0.15, 0.2) is 0 Å². The first-order chi connectivity index (χ1) is 34.2. The van der Waals surface area contributed by atoms with E-state index < -0.39 is 0 Å². The van der Waals surface area contributed by atoms with Crippen LogP contribution in [0.2, 0.25) is 0 Å². The van der Waals surface area contributed by atoms with Crippen molar-refractivity contribution in [1.29, 1.82) is 0 Å².